The van der Waals surface area contributed by atoms with Gasteiger partial charge in [0.25, 0.3) is 5.91 Å². The smallest absolute Gasteiger partial charge is 0.261 e. The highest BCUT2D eigenvalue weighted by Gasteiger charge is 2.19. The van der Waals surface area contributed by atoms with Gasteiger partial charge in [-0.05, 0) is 56.9 Å². The predicted octanol–water partition coefficient (Wildman–Crippen LogP) is 3.54. The summed E-state index contributed by atoms with van der Waals surface area (Å²) in [5.41, 5.74) is 2.94. The number of carbonyl (C=O) groups excluding carboxylic acids is 1. The first-order chi connectivity index (χ1) is 13.0. The van der Waals surface area contributed by atoms with Crippen molar-refractivity contribution in [2.45, 2.75) is 40.2 Å². The summed E-state index contributed by atoms with van der Waals surface area (Å²) in [6.07, 6.45) is 4.26. The lowest BCUT2D eigenvalue weighted by atomic mass is 10.1. The van der Waals surface area contributed by atoms with Gasteiger partial charge < -0.3 is 10.2 Å². The van der Waals surface area contributed by atoms with Crippen LogP contribution in [0.5, 0.6) is 0 Å². The second-order valence-electron chi connectivity index (χ2n) is 6.99. The second kappa shape index (κ2) is 7.23. The molecule has 7 heteroatoms. The Balaban J connectivity index is 1.51. The minimum atomic E-state index is -0.0629. The maximum atomic E-state index is 12.8. The third kappa shape index (κ3) is 3.51. The van der Waals surface area contributed by atoms with E-state index in [1.165, 1.54) is 24.2 Å². The lowest BCUT2D eigenvalue weighted by Gasteiger charge is -2.17. The van der Waals surface area contributed by atoms with Crippen LogP contribution in [-0.4, -0.2) is 33.9 Å². The number of aryl methyl sites for hydroxylation is 3. The van der Waals surface area contributed by atoms with Crippen molar-refractivity contribution in [3.05, 3.63) is 45.9 Å². The molecule has 0 atom stereocenters. The van der Waals surface area contributed by atoms with Crippen LogP contribution in [-0.2, 0) is 6.54 Å². The summed E-state index contributed by atoms with van der Waals surface area (Å²) in [4.78, 5) is 30.0. The molecule has 0 aliphatic carbocycles. The lowest BCUT2D eigenvalue weighted by molar-refractivity contribution is 0.0954. The quantitative estimate of drug-likeness (QED) is 0.748. The van der Waals surface area contributed by atoms with Crippen LogP contribution in [0.15, 0.2) is 18.3 Å². The zero-order chi connectivity index (χ0) is 19.0. The number of anilines is 1. The fourth-order valence-corrected chi connectivity index (χ4v) is 4.84. The lowest BCUT2D eigenvalue weighted by Crippen LogP contribution is -2.23. The van der Waals surface area contributed by atoms with Crippen LogP contribution >= 0.6 is 11.3 Å². The number of nitrogens with zero attached hydrogens (tertiary/aromatic N) is 4. The monoisotopic (exact) mass is 381 g/mol. The number of fused-ring (bicyclic) bond motifs is 1. The Kier molecular flexibility index (Phi) is 4.78. The van der Waals surface area contributed by atoms with Crippen LogP contribution in [0.3, 0.4) is 0 Å². The molecule has 0 spiro atoms. The van der Waals surface area contributed by atoms with E-state index in [0.29, 0.717) is 11.4 Å². The number of pyridine rings is 1. The molecule has 1 aliphatic rings. The molecule has 3 aromatic rings. The van der Waals surface area contributed by atoms with Crippen molar-refractivity contribution < 1.29 is 4.79 Å². The topological polar surface area (TPSA) is 71.0 Å². The van der Waals surface area contributed by atoms with Gasteiger partial charge in [0.2, 0.25) is 0 Å². The fourth-order valence-electron chi connectivity index (χ4n) is 3.64. The number of rotatable bonds is 4. The van der Waals surface area contributed by atoms with Gasteiger partial charge in [-0.1, -0.05) is 0 Å². The Bertz CT molecular complexity index is 1010. The molecule has 1 fully saturated rings. The highest BCUT2D eigenvalue weighted by molar-refractivity contribution is 7.20. The predicted molar refractivity (Wildman–Crippen MR) is 108 cm³/mol. The summed E-state index contributed by atoms with van der Waals surface area (Å²) in [5, 5.41) is 4.04. The molecule has 1 N–H and O–H groups in total. The van der Waals surface area contributed by atoms with Gasteiger partial charge in [0.15, 0.2) is 0 Å². The van der Waals surface area contributed by atoms with Crippen LogP contribution < -0.4 is 10.2 Å². The molecule has 0 unspecified atom stereocenters. The molecular weight excluding hydrogens is 358 g/mol. The van der Waals surface area contributed by atoms with Crippen molar-refractivity contribution in [3.63, 3.8) is 0 Å². The van der Waals surface area contributed by atoms with E-state index in [2.05, 4.69) is 31.2 Å². The average Bonchev–Trinajstić information content (AvgIpc) is 3.28. The standard InChI is InChI=1S/C20H23N5OS/c1-12-17-13(2)23-14(3)24-20(17)27-18(12)19(26)22-11-15-6-7-21-16(10-15)25-8-4-5-9-25/h6-7,10H,4-5,8-9,11H2,1-3H3,(H,22,26). The Labute approximate surface area is 162 Å². The maximum absolute atomic E-state index is 12.8. The van der Waals surface area contributed by atoms with Crippen molar-refractivity contribution in [1.29, 1.82) is 0 Å². The van der Waals surface area contributed by atoms with Crippen LogP contribution in [0.1, 0.15) is 45.2 Å². The van der Waals surface area contributed by atoms with Gasteiger partial charge in [-0.2, -0.15) is 0 Å². The molecule has 0 aromatic carbocycles. The molecule has 0 radical (unpaired) electrons. The van der Waals surface area contributed by atoms with Crippen molar-refractivity contribution in [1.82, 2.24) is 20.3 Å². The third-order valence-corrected chi connectivity index (χ3v) is 6.17. The molecule has 0 bridgehead atoms. The number of carbonyl (C=O) groups is 1. The van der Waals surface area contributed by atoms with Gasteiger partial charge in [-0.25, -0.2) is 15.0 Å². The van der Waals surface area contributed by atoms with Gasteiger partial charge in [0.1, 0.15) is 16.5 Å². The molecule has 4 rings (SSSR count). The number of amides is 1. The number of thiophene rings is 1. The average molecular weight is 382 g/mol. The van der Waals surface area contributed by atoms with Crippen molar-refractivity contribution in [2.24, 2.45) is 0 Å². The maximum Gasteiger partial charge on any atom is 0.261 e. The van der Waals surface area contributed by atoms with Gasteiger partial charge >= 0.3 is 0 Å². The number of aromatic nitrogens is 3. The zero-order valence-corrected chi connectivity index (χ0v) is 16.7. The van der Waals surface area contributed by atoms with Crippen LogP contribution in [0.2, 0.25) is 0 Å². The summed E-state index contributed by atoms with van der Waals surface area (Å²) in [7, 11) is 0. The van der Waals surface area contributed by atoms with E-state index in [4.69, 9.17) is 0 Å². The molecule has 6 nitrogen and oxygen atoms in total. The molecule has 140 valence electrons. The van der Waals surface area contributed by atoms with E-state index in [0.717, 1.165) is 51.8 Å². The Morgan fingerprint density at radius 3 is 2.78 bits per heavy atom. The SMILES string of the molecule is Cc1nc(C)c2c(C)c(C(=O)NCc3ccnc(N4CCCC4)c3)sc2n1. The molecular formula is C20H23N5OS. The largest absolute Gasteiger partial charge is 0.357 e. The normalized spacial score (nSPS) is 14.1. The molecule has 3 aromatic heterocycles. The fraction of sp³-hybridized carbons (Fsp3) is 0.400. The molecule has 1 saturated heterocycles. The van der Waals surface area contributed by atoms with Gasteiger partial charge in [0, 0.05) is 36.9 Å². The van der Waals surface area contributed by atoms with Crippen LogP contribution in [0, 0.1) is 20.8 Å². The van der Waals surface area contributed by atoms with Gasteiger partial charge in [-0.15, -0.1) is 11.3 Å². The molecule has 1 aliphatic heterocycles. The summed E-state index contributed by atoms with van der Waals surface area (Å²) in [6, 6.07) is 4.03. The Hall–Kier alpha value is -2.54. The first-order valence-electron chi connectivity index (χ1n) is 9.25. The van der Waals surface area contributed by atoms with Crippen molar-refractivity contribution in [3.8, 4) is 0 Å². The minimum absolute atomic E-state index is 0.0629. The molecule has 4 heterocycles. The molecule has 1 amide bonds. The number of nitrogens with one attached hydrogen (secondary N) is 1. The first kappa shape index (κ1) is 17.9. The summed E-state index contributed by atoms with van der Waals surface area (Å²) < 4.78 is 0. The summed E-state index contributed by atoms with van der Waals surface area (Å²) in [6.45, 7) is 8.42. The van der Waals surface area contributed by atoms with Crippen molar-refractivity contribution in [2.75, 3.05) is 18.0 Å². The van der Waals surface area contributed by atoms with E-state index >= 15 is 0 Å². The summed E-state index contributed by atoms with van der Waals surface area (Å²) >= 11 is 1.44. The highest BCUT2D eigenvalue weighted by Crippen LogP contribution is 2.31. The molecule has 0 saturated carbocycles. The van der Waals surface area contributed by atoms with Crippen molar-refractivity contribution >= 4 is 33.3 Å². The zero-order valence-electron chi connectivity index (χ0n) is 15.9. The Morgan fingerprint density at radius 1 is 1.22 bits per heavy atom. The van der Waals surface area contributed by atoms with Gasteiger partial charge in [0.05, 0.1) is 4.88 Å². The van der Waals surface area contributed by atoms with E-state index in [1.807, 2.05) is 33.0 Å². The van der Waals surface area contributed by atoms with Crippen LogP contribution in [0.25, 0.3) is 10.2 Å². The third-order valence-electron chi connectivity index (χ3n) is 4.98. The van der Waals surface area contributed by atoms with E-state index in [-0.39, 0.29) is 5.91 Å². The van der Waals surface area contributed by atoms with E-state index < -0.39 is 0 Å². The van der Waals surface area contributed by atoms with E-state index in [1.54, 1.807) is 0 Å². The number of hydrogen-bond acceptors (Lipinski definition) is 6. The highest BCUT2D eigenvalue weighted by atomic mass is 32.1. The molecule has 27 heavy (non-hydrogen) atoms. The van der Waals surface area contributed by atoms with Crippen LogP contribution in [0.4, 0.5) is 5.82 Å². The first-order valence-corrected chi connectivity index (χ1v) is 10.1. The second-order valence-corrected chi connectivity index (χ2v) is 7.99. The number of hydrogen-bond donors (Lipinski definition) is 1. The Morgan fingerprint density at radius 2 is 2.00 bits per heavy atom. The van der Waals surface area contributed by atoms with E-state index in [9.17, 15) is 4.79 Å². The van der Waals surface area contributed by atoms with Gasteiger partial charge in [-0.3, -0.25) is 4.79 Å². The minimum Gasteiger partial charge on any atom is -0.357 e. The summed E-state index contributed by atoms with van der Waals surface area (Å²) in [5.74, 6) is 1.67.